The predicted octanol–water partition coefficient (Wildman–Crippen LogP) is 2.64. The van der Waals surface area contributed by atoms with Crippen LogP contribution in [0.3, 0.4) is 0 Å². The van der Waals surface area contributed by atoms with Crippen LogP contribution in [0.5, 0.6) is 0 Å². The predicted molar refractivity (Wildman–Crippen MR) is 78.4 cm³/mol. The average molecular weight is 277 g/mol. The first-order valence-corrected chi connectivity index (χ1v) is 6.62. The Balaban J connectivity index is 1.67. The van der Waals surface area contributed by atoms with Gasteiger partial charge in [-0.3, -0.25) is 0 Å². The quantitative estimate of drug-likeness (QED) is 0.797. The molecule has 2 aromatic rings. The van der Waals surface area contributed by atoms with Gasteiger partial charge in [-0.25, -0.2) is 0 Å². The van der Waals surface area contributed by atoms with Crippen molar-refractivity contribution in [3.63, 3.8) is 0 Å². The number of aryl methyl sites for hydroxylation is 1. The summed E-state index contributed by atoms with van der Waals surface area (Å²) >= 11 is 6.07. The summed E-state index contributed by atoms with van der Waals surface area (Å²) in [5, 5.41) is 15.4. The lowest BCUT2D eigenvalue weighted by atomic mass is 10.2. The zero-order valence-electron chi connectivity index (χ0n) is 10.9. The van der Waals surface area contributed by atoms with E-state index in [2.05, 4.69) is 20.8 Å². The van der Waals surface area contributed by atoms with Crippen molar-refractivity contribution in [1.29, 1.82) is 0 Å². The molecule has 0 aliphatic rings. The van der Waals surface area contributed by atoms with E-state index in [1.807, 2.05) is 43.3 Å². The highest BCUT2D eigenvalue weighted by atomic mass is 35.5. The number of nitrogens with one attached hydrogen (secondary N) is 2. The Morgan fingerprint density at radius 3 is 2.63 bits per heavy atom. The molecule has 0 saturated heterocycles. The molecule has 0 radical (unpaired) electrons. The maximum absolute atomic E-state index is 6.07. The van der Waals surface area contributed by atoms with Crippen molar-refractivity contribution >= 4 is 17.4 Å². The third-order valence-corrected chi connectivity index (χ3v) is 3.05. The molecular weight excluding hydrogens is 260 g/mol. The second-order valence-electron chi connectivity index (χ2n) is 4.25. The molecule has 2 rings (SSSR count). The molecule has 2 N–H and O–H groups in total. The fourth-order valence-corrected chi connectivity index (χ4v) is 1.84. The molecule has 0 saturated carbocycles. The summed E-state index contributed by atoms with van der Waals surface area (Å²) in [4.78, 5) is 0. The fraction of sp³-hybridized carbons (Fsp3) is 0.286. The van der Waals surface area contributed by atoms with Gasteiger partial charge in [0, 0.05) is 24.7 Å². The molecule has 1 aromatic carbocycles. The van der Waals surface area contributed by atoms with Crippen LogP contribution in [-0.2, 0) is 6.54 Å². The monoisotopic (exact) mass is 276 g/mol. The van der Waals surface area contributed by atoms with Gasteiger partial charge >= 0.3 is 0 Å². The van der Waals surface area contributed by atoms with Gasteiger partial charge in [0.15, 0.2) is 0 Å². The zero-order valence-corrected chi connectivity index (χ0v) is 11.6. The van der Waals surface area contributed by atoms with Gasteiger partial charge < -0.3 is 10.6 Å². The van der Waals surface area contributed by atoms with E-state index in [9.17, 15) is 0 Å². The first-order chi connectivity index (χ1) is 9.25. The highest BCUT2D eigenvalue weighted by molar-refractivity contribution is 6.31. The Morgan fingerprint density at radius 2 is 1.89 bits per heavy atom. The van der Waals surface area contributed by atoms with Gasteiger partial charge in [0.25, 0.3) is 0 Å². The smallest absolute Gasteiger partial charge is 0.148 e. The topological polar surface area (TPSA) is 49.8 Å². The van der Waals surface area contributed by atoms with E-state index in [0.29, 0.717) is 0 Å². The summed E-state index contributed by atoms with van der Waals surface area (Å²) in [6, 6.07) is 11.7. The maximum Gasteiger partial charge on any atom is 0.148 e. The molecule has 4 nitrogen and oxygen atoms in total. The third-order valence-electron chi connectivity index (χ3n) is 2.68. The molecule has 0 aliphatic heterocycles. The van der Waals surface area contributed by atoms with Gasteiger partial charge in [-0.1, -0.05) is 29.8 Å². The highest BCUT2D eigenvalue weighted by Gasteiger charge is 1.98. The summed E-state index contributed by atoms with van der Waals surface area (Å²) in [5.41, 5.74) is 2.03. The minimum Gasteiger partial charge on any atom is -0.367 e. The van der Waals surface area contributed by atoms with Crippen molar-refractivity contribution in [2.75, 3.05) is 18.4 Å². The van der Waals surface area contributed by atoms with Crippen LogP contribution in [0.2, 0.25) is 5.02 Å². The van der Waals surface area contributed by atoms with Crippen molar-refractivity contribution < 1.29 is 0 Å². The fourth-order valence-electron chi connectivity index (χ4n) is 1.64. The minimum absolute atomic E-state index is 0.765. The Hall–Kier alpha value is -1.65. The van der Waals surface area contributed by atoms with Crippen LogP contribution in [0.4, 0.5) is 5.82 Å². The SMILES string of the molecule is Cc1ccc(NCCNCc2ccccc2Cl)nn1. The minimum atomic E-state index is 0.765. The number of rotatable bonds is 6. The first-order valence-electron chi connectivity index (χ1n) is 6.24. The van der Waals surface area contributed by atoms with Gasteiger partial charge in [0.05, 0.1) is 5.69 Å². The molecule has 0 aliphatic carbocycles. The molecule has 1 heterocycles. The summed E-state index contributed by atoms with van der Waals surface area (Å²) in [6.07, 6.45) is 0. The van der Waals surface area contributed by atoms with E-state index in [1.54, 1.807) is 0 Å². The van der Waals surface area contributed by atoms with Gasteiger partial charge in [-0.2, -0.15) is 5.10 Å². The Kier molecular flexibility index (Phi) is 5.12. The number of anilines is 1. The number of benzene rings is 1. The van der Waals surface area contributed by atoms with Crippen molar-refractivity contribution in [1.82, 2.24) is 15.5 Å². The van der Waals surface area contributed by atoms with Gasteiger partial charge in [-0.05, 0) is 30.7 Å². The standard InChI is InChI=1S/C14H17ClN4/c1-11-6-7-14(19-18-11)17-9-8-16-10-12-4-2-3-5-13(12)15/h2-7,16H,8-10H2,1H3,(H,17,19). The lowest BCUT2D eigenvalue weighted by Gasteiger charge is -2.08. The van der Waals surface area contributed by atoms with E-state index in [4.69, 9.17) is 11.6 Å². The van der Waals surface area contributed by atoms with Crippen LogP contribution in [0.15, 0.2) is 36.4 Å². The largest absolute Gasteiger partial charge is 0.367 e. The molecule has 0 atom stereocenters. The summed E-state index contributed by atoms with van der Waals surface area (Å²) in [5.74, 6) is 0.796. The van der Waals surface area contributed by atoms with E-state index >= 15 is 0 Å². The van der Waals surface area contributed by atoms with Crippen LogP contribution < -0.4 is 10.6 Å². The van der Waals surface area contributed by atoms with Crippen molar-refractivity contribution in [3.05, 3.63) is 52.7 Å². The van der Waals surface area contributed by atoms with Gasteiger partial charge in [-0.15, -0.1) is 5.10 Å². The molecule has 0 unspecified atom stereocenters. The Bertz CT molecular complexity index is 513. The van der Waals surface area contributed by atoms with Gasteiger partial charge in [0.2, 0.25) is 0 Å². The third kappa shape index (κ3) is 4.50. The number of hydrogen-bond acceptors (Lipinski definition) is 4. The molecule has 0 spiro atoms. The normalized spacial score (nSPS) is 10.4. The second kappa shape index (κ2) is 7.07. The summed E-state index contributed by atoms with van der Waals surface area (Å²) < 4.78 is 0. The zero-order chi connectivity index (χ0) is 13.5. The molecule has 1 aromatic heterocycles. The lowest BCUT2D eigenvalue weighted by Crippen LogP contribution is -2.22. The highest BCUT2D eigenvalue weighted by Crippen LogP contribution is 2.13. The van der Waals surface area contributed by atoms with Crippen molar-refractivity contribution in [3.8, 4) is 0 Å². The summed E-state index contributed by atoms with van der Waals surface area (Å²) in [6.45, 7) is 4.31. The van der Waals surface area contributed by atoms with E-state index in [0.717, 1.165) is 41.7 Å². The number of nitrogens with zero attached hydrogens (tertiary/aromatic N) is 2. The lowest BCUT2D eigenvalue weighted by molar-refractivity contribution is 0.705. The van der Waals surface area contributed by atoms with Crippen molar-refractivity contribution in [2.24, 2.45) is 0 Å². The molecule has 19 heavy (non-hydrogen) atoms. The van der Waals surface area contributed by atoms with Crippen molar-refractivity contribution in [2.45, 2.75) is 13.5 Å². The average Bonchev–Trinajstić information content (AvgIpc) is 2.42. The molecular formula is C14H17ClN4. The van der Waals surface area contributed by atoms with Crippen LogP contribution in [0, 0.1) is 6.92 Å². The molecule has 0 amide bonds. The Labute approximate surface area is 118 Å². The number of aromatic nitrogens is 2. The molecule has 0 bridgehead atoms. The maximum atomic E-state index is 6.07. The van der Waals surface area contributed by atoms with Crippen LogP contribution in [0.25, 0.3) is 0 Å². The molecule has 100 valence electrons. The summed E-state index contributed by atoms with van der Waals surface area (Å²) in [7, 11) is 0. The van der Waals surface area contributed by atoms with E-state index in [1.165, 1.54) is 0 Å². The van der Waals surface area contributed by atoms with Crippen LogP contribution in [0.1, 0.15) is 11.3 Å². The van der Waals surface area contributed by atoms with Crippen LogP contribution in [-0.4, -0.2) is 23.3 Å². The number of halogens is 1. The molecule has 5 heteroatoms. The van der Waals surface area contributed by atoms with Gasteiger partial charge in [0.1, 0.15) is 5.82 Å². The van der Waals surface area contributed by atoms with Crippen LogP contribution >= 0.6 is 11.6 Å². The first kappa shape index (κ1) is 13.8. The van der Waals surface area contributed by atoms with E-state index in [-0.39, 0.29) is 0 Å². The van der Waals surface area contributed by atoms with E-state index < -0.39 is 0 Å². The second-order valence-corrected chi connectivity index (χ2v) is 4.66. The molecule has 0 fully saturated rings. The Morgan fingerprint density at radius 1 is 1.05 bits per heavy atom. The number of hydrogen-bond donors (Lipinski definition) is 2.